The molecule has 0 aliphatic rings. The lowest BCUT2D eigenvalue weighted by Gasteiger charge is -2.16. The van der Waals surface area contributed by atoms with Gasteiger partial charge in [0.25, 0.3) is 5.91 Å². The first-order valence-electron chi connectivity index (χ1n) is 6.59. The van der Waals surface area contributed by atoms with Crippen LogP contribution in [0.15, 0.2) is 24.3 Å². The Morgan fingerprint density at radius 1 is 1.38 bits per heavy atom. The molecule has 0 aliphatic heterocycles. The van der Waals surface area contributed by atoms with Gasteiger partial charge < -0.3 is 10.4 Å². The first-order valence-corrected chi connectivity index (χ1v) is 7.41. The van der Waals surface area contributed by atoms with Crippen LogP contribution in [0.4, 0.5) is 4.39 Å². The quantitative estimate of drug-likeness (QED) is 0.891. The van der Waals surface area contributed by atoms with Crippen LogP contribution in [0.3, 0.4) is 0 Å². The molecule has 2 aromatic rings. The van der Waals surface area contributed by atoms with E-state index in [1.54, 1.807) is 26.0 Å². The molecule has 2 rings (SSSR count). The van der Waals surface area contributed by atoms with Crippen LogP contribution in [-0.2, 0) is 4.79 Å². The molecule has 0 bridgehead atoms. The van der Waals surface area contributed by atoms with Crippen molar-refractivity contribution in [1.29, 1.82) is 0 Å². The first-order chi connectivity index (χ1) is 9.90. The van der Waals surface area contributed by atoms with E-state index in [1.165, 1.54) is 23.5 Å². The van der Waals surface area contributed by atoms with Gasteiger partial charge in [0.05, 0.1) is 10.8 Å². The Kier molecular flexibility index (Phi) is 4.57. The summed E-state index contributed by atoms with van der Waals surface area (Å²) in [6.07, 6.45) is 0. The van der Waals surface area contributed by atoms with E-state index in [4.69, 9.17) is 5.11 Å². The van der Waals surface area contributed by atoms with Crippen LogP contribution in [0, 0.1) is 17.7 Å². The maximum Gasteiger partial charge on any atom is 0.308 e. The summed E-state index contributed by atoms with van der Waals surface area (Å²) in [7, 11) is 0. The molecule has 1 atom stereocenters. The van der Waals surface area contributed by atoms with Gasteiger partial charge in [0, 0.05) is 16.6 Å². The summed E-state index contributed by atoms with van der Waals surface area (Å²) in [6, 6.07) is 6.18. The summed E-state index contributed by atoms with van der Waals surface area (Å²) >= 11 is 1.19. The summed E-state index contributed by atoms with van der Waals surface area (Å²) in [5, 5.41) is 12.1. The molecule has 1 heterocycles. The summed E-state index contributed by atoms with van der Waals surface area (Å²) in [6.45, 7) is 3.64. The molecule has 0 saturated heterocycles. The van der Waals surface area contributed by atoms with Crippen LogP contribution >= 0.6 is 11.3 Å². The molecule has 1 unspecified atom stereocenters. The third kappa shape index (κ3) is 3.39. The van der Waals surface area contributed by atoms with Gasteiger partial charge in [-0.15, -0.1) is 11.3 Å². The highest BCUT2D eigenvalue weighted by Gasteiger charge is 2.22. The maximum atomic E-state index is 13.6. The number of fused-ring (bicyclic) bond motifs is 1. The Labute approximate surface area is 125 Å². The van der Waals surface area contributed by atoms with Crippen molar-refractivity contribution < 1.29 is 19.1 Å². The molecule has 21 heavy (non-hydrogen) atoms. The summed E-state index contributed by atoms with van der Waals surface area (Å²) < 4.78 is 14.3. The number of hydrogen-bond donors (Lipinski definition) is 2. The molecule has 4 nitrogen and oxygen atoms in total. The third-order valence-corrected chi connectivity index (χ3v) is 4.44. The van der Waals surface area contributed by atoms with Crippen molar-refractivity contribution in [2.75, 3.05) is 6.54 Å². The Hall–Kier alpha value is -1.95. The summed E-state index contributed by atoms with van der Waals surface area (Å²) in [4.78, 5) is 23.5. The van der Waals surface area contributed by atoms with E-state index in [2.05, 4.69) is 5.32 Å². The molecule has 2 N–H and O–H groups in total. The number of carboxylic acid groups (broad SMARTS) is 1. The van der Waals surface area contributed by atoms with Crippen LogP contribution in [0.1, 0.15) is 23.5 Å². The number of thiophene rings is 1. The number of rotatable bonds is 5. The van der Waals surface area contributed by atoms with Crippen molar-refractivity contribution in [3.8, 4) is 0 Å². The average molecular weight is 309 g/mol. The standard InChI is InChI=1S/C15H16FNO3S/c1-8(2)10(15(19)20)7-17-14(18)13-6-9-11(16)4-3-5-12(9)21-13/h3-6,8,10H,7H2,1-2H3,(H,17,18)(H,19,20). The number of hydrogen-bond acceptors (Lipinski definition) is 3. The predicted molar refractivity (Wildman–Crippen MR) is 80.1 cm³/mol. The highest BCUT2D eigenvalue weighted by Crippen LogP contribution is 2.27. The van der Waals surface area contributed by atoms with Gasteiger partial charge in [-0.3, -0.25) is 9.59 Å². The maximum absolute atomic E-state index is 13.6. The van der Waals surface area contributed by atoms with Crippen LogP contribution in [0.25, 0.3) is 10.1 Å². The van der Waals surface area contributed by atoms with E-state index in [-0.39, 0.29) is 24.2 Å². The first kappa shape index (κ1) is 15.4. The Bertz CT molecular complexity index is 681. The molecular formula is C15H16FNO3S. The van der Waals surface area contributed by atoms with Crippen molar-refractivity contribution in [1.82, 2.24) is 5.32 Å². The molecule has 1 amide bonds. The second-order valence-corrected chi connectivity index (χ2v) is 6.24. The number of aliphatic carboxylic acids is 1. The molecule has 0 fully saturated rings. The SMILES string of the molecule is CC(C)C(CNC(=O)c1cc2c(F)cccc2s1)C(=O)O. The van der Waals surface area contributed by atoms with E-state index in [0.29, 0.717) is 15.0 Å². The van der Waals surface area contributed by atoms with Gasteiger partial charge in [-0.2, -0.15) is 0 Å². The second kappa shape index (κ2) is 6.22. The minimum Gasteiger partial charge on any atom is -0.481 e. The number of nitrogens with one attached hydrogen (secondary N) is 1. The topological polar surface area (TPSA) is 66.4 Å². The van der Waals surface area contributed by atoms with Crippen molar-refractivity contribution in [3.63, 3.8) is 0 Å². The molecule has 6 heteroatoms. The number of carboxylic acids is 1. The van der Waals surface area contributed by atoms with E-state index in [9.17, 15) is 14.0 Å². The zero-order valence-electron chi connectivity index (χ0n) is 11.7. The molecule has 0 radical (unpaired) electrons. The predicted octanol–water partition coefficient (Wildman–Crippen LogP) is 3.13. The molecule has 0 spiro atoms. The fraction of sp³-hybridized carbons (Fsp3) is 0.333. The monoisotopic (exact) mass is 309 g/mol. The number of benzene rings is 1. The molecule has 1 aromatic carbocycles. The number of amides is 1. The van der Waals surface area contributed by atoms with Crippen molar-refractivity contribution in [3.05, 3.63) is 35.0 Å². The second-order valence-electron chi connectivity index (χ2n) is 5.16. The normalized spacial score (nSPS) is 12.6. The summed E-state index contributed by atoms with van der Waals surface area (Å²) in [5.41, 5.74) is 0. The Balaban J connectivity index is 2.12. The minimum atomic E-state index is -0.937. The third-order valence-electron chi connectivity index (χ3n) is 3.34. The summed E-state index contributed by atoms with van der Waals surface area (Å²) in [5.74, 6) is -2.40. The van der Waals surface area contributed by atoms with E-state index in [0.717, 1.165) is 0 Å². The van der Waals surface area contributed by atoms with Crippen LogP contribution in [0.5, 0.6) is 0 Å². The lowest BCUT2D eigenvalue weighted by Crippen LogP contribution is -2.35. The zero-order chi connectivity index (χ0) is 15.6. The zero-order valence-corrected chi connectivity index (χ0v) is 12.5. The molecule has 1 aromatic heterocycles. The van der Waals surface area contributed by atoms with Crippen LogP contribution in [-0.4, -0.2) is 23.5 Å². The number of carbonyl (C=O) groups is 2. The molecular weight excluding hydrogens is 293 g/mol. The lowest BCUT2D eigenvalue weighted by molar-refractivity contribution is -0.142. The highest BCUT2D eigenvalue weighted by molar-refractivity contribution is 7.20. The lowest BCUT2D eigenvalue weighted by atomic mass is 9.96. The average Bonchev–Trinajstić information content (AvgIpc) is 2.83. The van der Waals surface area contributed by atoms with Gasteiger partial charge in [-0.1, -0.05) is 19.9 Å². The van der Waals surface area contributed by atoms with Gasteiger partial charge in [0.2, 0.25) is 0 Å². The van der Waals surface area contributed by atoms with Gasteiger partial charge >= 0.3 is 5.97 Å². The van der Waals surface area contributed by atoms with Crippen molar-refractivity contribution in [2.45, 2.75) is 13.8 Å². The fourth-order valence-corrected chi connectivity index (χ4v) is 3.03. The minimum absolute atomic E-state index is 0.0581. The fourth-order valence-electron chi connectivity index (χ4n) is 2.04. The van der Waals surface area contributed by atoms with Crippen LogP contribution < -0.4 is 5.32 Å². The van der Waals surface area contributed by atoms with Crippen LogP contribution in [0.2, 0.25) is 0 Å². The highest BCUT2D eigenvalue weighted by atomic mass is 32.1. The largest absolute Gasteiger partial charge is 0.481 e. The smallest absolute Gasteiger partial charge is 0.308 e. The van der Waals surface area contributed by atoms with Gasteiger partial charge in [-0.25, -0.2) is 4.39 Å². The van der Waals surface area contributed by atoms with Crippen molar-refractivity contribution in [2.24, 2.45) is 11.8 Å². The van der Waals surface area contributed by atoms with Gasteiger partial charge in [-0.05, 0) is 24.1 Å². The van der Waals surface area contributed by atoms with E-state index < -0.39 is 11.9 Å². The van der Waals surface area contributed by atoms with Gasteiger partial charge in [0.15, 0.2) is 0 Å². The molecule has 112 valence electrons. The molecule has 0 aliphatic carbocycles. The van der Waals surface area contributed by atoms with E-state index >= 15 is 0 Å². The Morgan fingerprint density at radius 3 is 2.67 bits per heavy atom. The van der Waals surface area contributed by atoms with Gasteiger partial charge in [0.1, 0.15) is 5.82 Å². The number of carbonyl (C=O) groups excluding carboxylic acids is 1. The van der Waals surface area contributed by atoms with Crippen molar-refractivity contribution >= 4 is 33.3 Å². The Morgan fingerprint density at radius 2 is 2.10 bits per heavy atom. The molecule has 0 saturated carbocycles. The van der Waals surface area contributed by atoms with E-state index in [1.807, 2.05) is 0 Å². The number of halogens is 1.